The van der Waals surface area contributed by atoms with E-state index in [1.165, 1.54) is 25.8 Å². The van der Waals surface area contributed by atoms with Crippen molar-refractivity contribution in [2.45, 2.75) is 59.0 Å². The Bertz CT molecular complexity index is 213. The van der Waals surface area contributed by atoms with Gasteiger partial charge in [-0.25, -0.2) is 0 Å². The van der Waals surface area contributed by atoms with Gasteiger partial charge in [0.15, 0.2) is 0 Å². The molecular weight excluding hydrogens is 196 g/mol. The zero-order chi connectivity index (χ0) is 12.3. The molecule has 1 rings (SSSR count). The van der Waals surface area contributed by atoms with Crippen LogP contribution in [0.1, 0.15) is 47.0 Å². The van der Waals surface area contributed by atoms with Gasteiger partial charge in [-0.1, -0.05) is 34.1 Å². The SMILES string of the molecule is CCC(C)CN(C)C1CCC(C)(C)C1NC. The molecule has 0 radical (unpaired) electrons. The molecule has 1 N–H and O–H groups in total. The average molecular weight is 226 g/mol. The highest BCUT2D eigenvalue weighted by molar-refractivity contribution is 4.99. The standard InChI is InChI=1S/C14H30N2/c1-7-11(2)10-16(6)12-8-9-14(3,4)13(12)15-5/h11-13,15H,7-10H2,1-6H3. The van der Waals surface area contributed by atoms with Crippen molar-refractivity contribution in [3.63, 3.8) is 0 Å². The van der Waals surface area contributed by atoms with E-state index in [0.29, 0.717) is 17.5 Å². The average Bonchev–Trinajstić information content (AvgIpc) is 2.53. The van der Waals surface area contributed by atoms with Crippen LogP contribution < -0.4 is 5.32 Å². The van der Waals surface area contributed by atoms with E-state index >= 15 is 0 Å². The number of rotatable bonds is 5. The topological polar surface area (TPSA) is 15.3 Å². The normalized spacial score (nSPS) is 30.9. The lowest BCUT2D eigenvalue weighted by Gasteiger charge is -2.36. The summed E-state index contributed by atoms with van der Waals surface area (Å²) in [6.07, 6.45) is 3.96. The molecule has 1 saturated carbocycles. The van der Waals surface area contributed by atoms with Gasteiger partial charge in [0.25, 0.3) is 0 Å². The quantitative estimate of drug-likeness (QED) is 0.775. The van der Waals surface area contributed by atoms with E-state index in [2.05, 4.69) is 52.0 Å². The molecule has 3 atom stereocenters. The molecule has 0 bridgehead atoms. The monoisotopic (exact) mass is 226 g/mol. The van der Waals surface area contributed by atoms with Gasteiger partial charge in [0.2, 0.25) is 0 Å². The zero-order valence-electron chi connectivity index (χ0n) is 12.0. The summed E-state index contributed by atoms with van der Waals surface area (Å²) in [7, 11) is 4.41. The summed E-state index contributed by atoms with van der Waals surface area (Å²) in [4.78, 5) is 2.57. The Balaban J connectivity index is 2.59. The fourth-order valence-electron chi connectivity index (χ4n) is 3.18. The first-order valence-electron chi connectivity index (χ1n) is 6.80. The summed E-state index contributed by atoms with van der Waals surface area (Å²) in [5.41, 5.74) is 0.448. The first kappa shape index (κ1) is 14.0. The molecule has 0 heterocycles. The molecule has 0 aromatic heterocycles. The molecule has 1 aliphatic rings. The fraction of sp³-hybridized carbons (Fsp3) is 1.00. The van der Waals surface area contributed by atoms with Crippen LogP contribution in [0.5, 0.6) is 0 Å². The van der Waals surface area contributed by atoms with Crippen LogP contribution >= 0.6 is 0 Å². The van der Waals surface area contributed by atoms with Crippen molar-refractivity contribution < 1.29 is 0 Å². The van der Waals surface area contributed by atoms with Crippen LogP contribution in [0, 0.1) is 11.3 Å². The summed E-state index contributed by atoms with van der Waals surface area (Å²) >= 11 is 0. The molecule has 16 heavy (non-hydrogen) atoms. The Morgan fingerprint density at radius 2 is 2.06 bits per heavy atom. The van der Waals surface area contributed by atoms with Gasteiger partial charge < -0.3 is 10.2 Å². The summed E-state index contributed by atoms with van der Waals surface area (Å²) in [5.74, 6) is 0.811. The second-order valence-corrected chi connectivity index (χ2v) is 6.31. The molecular formula is C14H30N2. The van der Waals surface area contributed by atoms with E-state index in [1.807, 2.05) is 0 Å². The highest BCUT2D eigenvalue weighted by atomic mass is 15.2. The maximum absolute atomic E-state index is 3.53. The summed E-state index contributed by atoms with van der Waals surface area (Å²) < 4.78 is 0. The fourth-order valence-corrected chi connectivity index (χ4v) is 3.18. The molecule has 0 saturated heterocycles. The molecule has 0 amide bonds. The number of nitrogens with zero attached hydrogens (tertiary/aromatic N) is 1. The minimum atomic E-state index is 0.448. The van der Waals surface area contributed by atoms with Crippen LogP contribution in [0.2, 0.25) is 0 Å². The second kappa shape index (κ2) is 5.50. The Kier molecular flexibility index (Phi) is 4.81. The minimum Gasteiger partial charge on any atom is -0.315 e. The molecule has 0 aromatic carbocycles. The Hall–Kier alpha value is -0.0800. The van der Waals surface area contributed by atoms with E-state index in [1.54, 1.807) is 0 Å². The molecule has 3 unspecified atom stereocenters. The molecule has 0 aliphatic heterocycles. The third-order valence-electron chi connectivity index (χ3n) is 4.48. The third kappa shape index (κ3) is 2.98. The van der Waals surface area contributed by atoms with Gasteiger partial charge >= 0.3 is 0 Å². The van der Waals surface area contributed by atoms with Crippen molar-refractivity contribution in [2.75, 3.05) is 20.6 Å². The van der Waals surface area contributed by atoms with Gasteiger partial charge in [-0.05, 0) is 38.3 Å². The van der Waals surface area contributed by atoms with Crippen LogP contribution in [-0.4, -0.2) is 37.6 Å². The van der Waals surface area contributed by atoms with Gasteiger partial charge in [0, 0.05) is 18.6 Å². The zero-order valence-corrected chi connectivity index (χ0v) is 12.0. The number of hydrogen-bond donors (Lipinski definition) is 1. The first-order valence-corrected chi connectivity index (χ1v) is 6.80. The summed E-state index contributed by atoms with van der Waals surface area (Å²) in [5, 5.41) is 3.53. The van der Waals surface area contributed by atoms with E-state index < -0.39 is 0 Å². The van der Waals surface area contributed by atoms with E-state index in [4.69, 9.17) is 0 Å². The van der Waals surface area contributed by atoms with Crippen molar-refractivity contribution in [1.29, 1.82) is 0 Å². The first-order chi connectivity index (χ1) is 7.42. The van der Waals surface area contributed by atoms with Gasteiger partial charge in [-0.2, -0.15) is 0 Å². The molecule has 1 fully saturated rings. The maximum atomic E-state index is 3.53. The Labute approximate surface area is 102 Å². The lowest BCUT2D eigenvalue weighted by molar-refractivity contribution is 0.159. The lowest BCUT2D eigenvalue weighted by atomic mass is 9.86. The number of hydrogen-bond acceptors (Lipinski definition) is 2. The van der Waals surface area contributed by atoms with Gasteiger partial charge in [0.1, 0.15) is 0 Å². The molecule has 96 valence electrons. The van der Waals surface area contributed by atoms with E-state index in [0.717, 1.165) is 5.92 Å². The van der Waals surface area contributed by atoms with E-state index in [9.17, 15) is 0 Å². The van der Waals surface area contributed by atoms with Crippen LogP contribution in [0.4, 0.5) is 0 Å². The molecule has 1 aliphatic carbocycles. The van der Waals surface area contributed by atoms with Crippen LogP contribution in [0.15, 0.2) is 0 Å². The Morgan fingerprint density at radius 1 is 1.44 bits per heavy atom. The smallest absolute Gasteiger partial charge is 0.0271 e. The highest BCUT2D eigenvalue weighted by Crippen LogP contribution is 2.39. The van der Waals surface area contributed by atoms with Crippen molar-refractivity contribution in [2.24, 2.45) is 11.3 Å². The van der Waals surface area contributed by atoms with Crippen LogP contribution in [0.3, 0.4) is 0 Å². The molecule has 2 nitrogen and oxygen atoms in total. The second-order valence-electron chi connectivity index (χ2n) is 6.31. The maximum Gasteiger partial charge on any atom is 0.0271 e. The third-order valence-corrected chi connectivity index (χ3v) is 4.48. The minimum absolute atomic E-state index is 0.448. The van der Waals surface area contributed by atoms with E-state index in [-0.39, 0.29) is 0 Å². The van der Waals surface area contributed by atoms with Gasteiger partial charge in [-0.3, -0.25) is 0 Å². The predicted octanol–water partition coefficient (Wildman–Crippen LogP) is 2.74. The Morgan fingerprint density at radius 3 is 2.56 bits per heavy atom. The largest absolute Gasteiger partial charge is 0.315 e. The van der Waals surface area contributed by atoms with Gasteiger partial charge in [-0.15, -0.1) is 0 Å². The van der Waals surface area contributed by atoms with Crippen LogP contribution in [-0.2, 0) is 0 Å². The molecule has 0 aromatic rings. The van der Waals surface area contributed by atoms with Crippen molar-refractivity contribution >= 4 is 0 Å². The predicted molar refractivity (Wildman–Crippen MR) is 71.7 cm³/mol. The summed E-state index contributed by atoms with van der Waals surface area (Å²) in [6, 6.07) is 1.36. The molecule has 0 spiro atoms. The lowest BCUT2D eigenvalue weighted by Crippen LogP contribution is -2.50. The number of nitrogens with one attached hydrogen (secondary N) is 1. The molecule has 2 heteroatoms. The van der Waals surface area contributed by atoms with Crippen molar-refractivity contribution in [1.82, 2.24) is 10.2 Å². The highest BCUT2D eigenvalue weighted by Gasteiger charge is 2.42. The number of likely N-dealkylation sites (N-methyl/N-ethyl adjacent to an activating group) is 2. The van der Waals surface area contributed by atoms with Crippen molar-refractivity contribution in [3.8, 4) is 0 Å². The summed E-state index contributed by atoms with van der Waals surface area (Å²) in [6.45, 7) is 10.7. The van der Waals surface area contributed by atoms with Crippen LogP contribution in [0.25, 0.3) is 0 Å². The van der Waals surface area contributed by atoms with Gasteiger partial charge in [0.05, 0.1) is 0 Å². The van der Waals surface area contributed by atoms with Crippen molar-refractivity contribution in [3.05, 3.63) is 0 Å².